The maximum absolute atomic E-state index is 13.3. The summed E-state index contributed by atoms with van der Waals surface area (Å²) >= 11 is 3.34. The van der Waals surface area contributed by atoms with E-state index in [-0.39, 0.29) is 5.56 Å². The van der Waals surface area contributed by atoms with Crippen molar-refractivity contribution in [3.05, 3.63) is 64.1 Å². The molecule has 0 fully saturated rings. The summed E-state index contributed by atoms with van der Waals surface area (Å²) in [7, 11) is 0. The fourth-order valence-corrected chi connectivity index (χ4v) is 1.93. The number of carbonyl (C=O) groups is 1. The quantitative estimate of drug-likeness (QED) is 0.947. The Morgan fingerprint density at radius 1 is 1.39 bits per heavy atom. The largest absolute Gasteiger partial charge is 0.348 e. The highest BCUT2D eigenvalue weighted by Crippen LogP contribution is 2.11. The Morgan fingerprint density at radius 3 is 2.94 bits per heavy atom. The van der Waals surface area contributed by atoms with Gasteiger partial charge in [-0.3, -0.25) is 9.78 Å². The number of nitrogens with zero attached hydrogens (tertiary/aromatic N) is 1. The van der Waals surface area contributed by atoms with Gasteiger partial charge in [0.15, 0.2) is 5.82 Å². The first-order valence-electron chi connectivity index (χ1n) is 5.29. The van der Waals surface area contributed by atoms with Crippen LogP contribution in [0.2, 0.25) is 0 Å². The number of aromatic nitrogens is 1. The van der Waals surface area contributed by atoms with E-state index in [1.54, 1.807) is 0 Å². The highest BCUT2D eigenvalue weighted by Gasteiger charge is 2.10. The molecule has 0 spiro atoms. The first kappa shape index (κ1) is 12.7. The van der Waals surface area contributed by atoms with E-state index in [2.05, 4.69) is 26.2 Å². The molecule has 3 nitrogen and oxygen atoms in total. The van der Waals surface area contributed by atoms with Gasteiger partial charge in [0.1, 0.15) is 0 Å². The van der Waals surface area contributed by atoms with Gasteiger partial charge in [0.05, 0.1) is 11.8 Å². The molecule has 2 aromatic rings. The minimum absolute atomic E-state index is 0.00000295. The molecule has 0 aliphatic rings. The SMILES string of the molecule is O=C(NCc1cccc(Br)c1)c1ccncc1F. The van der Waals surface area contributed by atoms with Crippen molar-refractivity contribution in [1.82, 2.24) is 10.3 Å². The van der Waals surface area contributed by atoms with Crippen LogP contribution in [0.15, 0.2) is 47.2 Å². The molecule has 5 heteroatoms. The van der Waals surface area contributed by atoms with Gasteiger partial charge in [0.2, 0.25) is 0 Å². The lowest BCUT2D eigenvalue weighted by Gasteiger charge is -2.06. The van der Waals surface area contributed by atoms with Crippen LogP contribution in [0.25, 0.3) is 0 Å². The van der Waals surface area contributed by atoms with Gasteiger partial charge in [0.25, 0.3) is 5.91 Å². The van der Waals surface area contributed by atoms with Gasteiger partial charge in [-0.1, -0.05) is 28.1 Å². The molecule has 1 aromatic heterocycles. The highest BCUT2D eigenvalue weighted by molar-refractivity contribution is 9.10. The molecule has 1 aromatic carbocycles. The first-order valence-corrected chi connectivity index (χ1v) is 6.08. The number of halogens is 2. The minimum atomic E-state index is -0.621. The van der Waals surface area contributed by atoms with Gasteiger partial charge in [0, 0.05) is 17.2 Å². The molecule has 92 valence electrons. The van der Waals surface area contributed by atoms with Crippen LogP contribution >= 0.6 is 15.9 Å². The third-order valence-electron chi connectivity index (χ3n) is 2.36. The number of benzene rings is 1. The molecule has 0 saturated carbocycles. The standard InChI is InChI=1S/C13H10BrFN2O/c14-10-3-1-2-9(6-10)7-17-13(18)11-4-5-16-8-12(11)15/h1-6,8H,7H2,(H,17,18). The molecule has 0 aliphatic heterocycles. The van der Waals surface area contributed by atoms with Gasteiger partial charge >= 0.3 is 0 Å². The monoisotopic (exact) mass is 308 g/mol. The van der Waals surface area contributed by atoms with Crippen LogP contribution in [0.1, 0.15) is 15.9 Å². The van der Waals surface area contributed by atoms with Gasteiger partial charge < -0.3 is 5.32 Å². The Labute approximate surface area is 112 Å². The molecule has 1 amide bonds. The number of carbonyl (C=O) groups excluding carboxylic acids is 1. The van der Waals surface area contributed by atoms with Gasteiger partial charge in [-0.25, -0.2) is 4.39 Å². The van der Waals surface area contributed by atoms with Crippen molar-refractivity contribution < 1.29 is 9.18 Å². The summed E-state index contributed by atoms with van der Waals surface area (Å²) in [6.45, 7) is 0.347. The Bertz CT molecular complexity index is 574. The molecule has 1 N–H and O–H groups in total. The molecule has 0 atom stereocenters. The zero-order valence-electron chi connectivity index (χ0n) is 9.36. The van der Waals surface area contributed by atoms with Crippen molar-refractivity contribution >= 4 is 21.8 Å². The number of hydrogen-bond donors (Lipinski definition) is 1. The molecular formula is C13H10BrFN2O. The second kappa shape index (κ2) is 5.73. The molecule has 1 heterocycles. The molecule has 0 radical (unpaired) electrons. The fraction of sp³-hybridized carbons (Fsp3) is 0.0769. The topological polar surface area (TPSA) is 42.0 Å². The van der Waals surface area contributed by atoms with Crippen LogP contribution in [0.5, 0.6) is 0 Å². The Hall–Kier alpha value is -1.75. The summed E-state index contributed by atoms with van der Waals surface area (Å²) in [5, 5.41) is 2.66. The van der Waals surface area contributed by atoms with Crippen molar-refractivity contribution in [3.8, 4) is 0 Å². The Morgan fingerprint density at radius 2 is 2.22 bits per heavy atom. The van der Waals surface area contributed by atoms with Gasteiger partial charge in [-0.05, 0) is 23.8 Å². The Kier molecular flexibility index (Phi) is 4.04. The summed E-state index contributed by atoms with van der Waals surface area (Å²) < 4.78 is 14.2. The number of amides is 1. The highest BCUT2D eigenvalue weighted by atomic mass is 79.9. The van der Waals surface area contributed by atoms with Crippen LogP contribution < -0.4 is 5.32 Å². The lowest BCUT2D eigenvalue weighted by Crippen LogP contribution is -2.23. The maximum Gasteiger partial charge on any atom is 0.254 e. The number of nitrogens with one attached hydrogen (secondary N) is 1. The molecule has 0 bridgehead atoms. The normalized spacial score (nSPS) is 10.1. The summed E-state index contributed by atoms with van der Waals surface area (Å²) in [5.74, 6) is -1.07. The second-order valence-electron chi connectivity index (χ2n) is 3.67. The Balaban J connectivity index is 2.03. The maximum atomic E-state index is 13.3. The van der Waals surface area contributed by atoms with Gasteiger partial charge in [-0.15, -0.1) is 0 Å². The van der Waals surface area contributed by atoms with Gasteiger partial charge in [-0.2, -0.15) is 0 Å². The van der Waals surface area contributed by atoms with E-state index in [1.165, 1.54) is 12.3 Å². The summed E-state index contributed by atoms with van der Waals surface area (Å²) in [6, 6.07) is 8.90. The predicted octanol–water partition coefficient (Wildman–Crippen LogP) is 2.91. The van der Waals surface area contributed by atoms with E-state index in [0.29, 0.717) is 6.54 Å². The average molecular weight is 309 g/mol. The van der Waals surface area contributed by atoms with E-state index >= 15 is 0 Å². The predicted molar refractivity (Wildman–Crippen MR) is 69.5 cm³/mol. The molecule has 0 saturated heterocycles. The molecule has 0 unspecified atom stereocenters. The van der Waals surface area contributed by atoms with Crippen LogP contribution in [0.3, 0.4) is 0 Å². The lowest BCUT2D eigenvalue weighted by atomic mass is 10.2. The van der Waals surface area contributed by atoms with Crippen molar-refractivity contribution in [2.24, 2.45) is 0 Å². The van der Waals surface area contributed by atoms with Crippen molar-refractivity contribution in [2.75, 3.05) is 0 Å². The molecule has 2 rings (SSSR count). The van der Waals surface area contributed by atoms with Crippen LogP contribution in [-0.4, -0.2) is 10.9 Å². The molecular weight excluding hydrogens is 299 g/mol. The van der Waals surface area contributed by atoms with E-state index in [0.717, 1.165) is 16.2 Å². The molecule has 0 aliphatic carbocycles. The average Bonchev–Trinajstić information content (AvgIpc) is 2.37. The first-order chi connectivity index (χ1) is 8.66. The zero-order valence-corrected chi connectivity index (χ0v) is 10.9. The number of pyridine rings is 1. The number of hydrogen-bond acceptors (Lipinski definition) is 2. The summed E-state index contributed by atoms with van der Waals surface area (Å²) in [5.41, 5.74) is 0.937. The van der Waals surface area contributed by atoms with Crippen molar-refractivity contribution in [1.29, 1.82) is 0 Å². The smallest absolute Gasteiger partial charge is 0.254 e. The van der Waals surface area contributed by atoms with Crippen molar-refractivity contribution in [3.63, 3.8) is 0 Å². The van der Waals surface area contributed by atoms with Crippen LogP contribution in [-0.2, 0) is 6.54 Å². The fourth-order valence-electron chi connectivity index (χ4n) is 1.48. The molecule has 18 heavy (non-hydrogen) atoms. The lowest BCUT2D eigenvalue weighted by molar-refractivity contribution is 0.0946. The number of rotatable bonds is 3. The third kappa shape index (κ3) is 3.13. The third-order valence-corrected chi connectivity index (χ3v) is 2.85. The van der Waals surface area contributed by atoms with E-state index in [1.807, 2.05) is 24.3 Å². The zero-order chi connectivity index (χ0) is 13.0. The van der Waals surface area contributed by atoms with Crippen molar-refractivity contribution in [2.45, 2.75) is 6.54 Å². The summed E-state index contributed by atoms with van der Waals surface area (Å²) in [6.07, 6.45) is 2.41. The van der Waals surface area contributed by atoms with E-state index < -0.39 is 11.7 Å². The second-order valence-corrected chi connectivity index (χ2v) is 4.58. The van der Waals surface area contributed by atoms with E-state index in [4.69, 9.17) is 0 Å². The summed E-state index contributed by atoms with van der Waals surface area (Å²) in [4.78, 5) is 15.3. The van der Waals surface area contributed by atoms with Crippen LogP contribution in [0, 0.1) is 5.82 Å². The van der Waals surface area contributed by atoms with E-state index in [9.17, 15) is 9.18 Å². The minimum Gasteiger partial charge on any atom is -0.348 e. The van der Waals surface area contributed by atoms with Crippen LogP contribution in [0.4, 0.5) is 4.39 Å².